The number of rotatable bonds is 3. The summed E-state index contributed by atoms with van der Waals surface area (Å²) in [6, 6.07) is 16.0. The molecule has 0 saturated carbocycles. The Labute approximate surface area is 107 Å². The van der Waals surface area contributed by atoms with Gasteiger partial charge in [-0.25, -0.2) is 0 Å². The Morgan fingerprint density at radius 1 is 1.06 bits per heavy atom. The summed E-state index contributed by atoms with van der Waals surface area (Å²) < 4.78 is 0. The fourth-order valence-corrected chi connectivity index (χ4v) is 1.70. The predicted octanol–water partition coefficient (Wildman–Crippen LogP) is 4.27. The van der Waals surface area contributed by atoms with Gasteiger partial charge in [0.2, 0.25) is 0 Å². The Kier molecular flexibility index (Phi) is 3.94. The van der Waals surface area contributed by atoms with Crippen molar-refractivity contribution in [3.8, 4) is 0 Å². The Bertz CT molecular complexity index is 515. The maximum absolute atomic E-state index is 5.82. The monoisotopic (exact) mass is 243 g/mol. The smallest absolute Gasteiger partial charge is 0.0639 e. The second-order valence-electron chi connectivity index (χ2n) is 3.95. The lowest BCUT2D eigenvalue weighted by Crippen LogP contribution is -1.87. The summed E-state index contributed by atoms with van der Waals surface area (Å²) in [5, 5.41) is 0.761. The number of aryl methyl sites for hydroxylation is 1. The van der Waals surface area contributed by atoms with E-state index in [2.05, 4.69) is 24.0 Å². The third-order valence-corrected chi connectivity index (χ3v) is 2.86. The lowest BCUT2D eigenvalue weighted by atomic mass is 10.1. The van der Waals surface area contributed by atoms with E-state index >= 15 is 0 Å². The van der Waals surface area contributed by atoms with Crippen molar-refractivity contribution in [3.63, 3.8) is 0 Å². The number of benzene rings is 2. The average Bonchev–Trinajstić information content (AvgIpc) is 2.34. The molecule has 0 spiro atoms. The van der Waals surface area contributed by atoms with Crippen LogP contribution in [0.2, 0.25) is 5.02 Å². The fourth-order valence-electron chi connectivity index (χ4n) is 1.57. The summed E-state index contributed by atoms with van der Waals surface area (Å²) in [5.74, 6) is 0. The van der Waals surface area contributed by atoms with Gasteiger partial charge >= 0.3 is 0 Å². The van der Waals surface area contributed by atoms with Crippen LogP contribution in [0.15, 0.2) is 53.5 Å². The first-order valence-corrected chi connectivity index (χ1v) is 5.93. The zero-order valence-electron chi connectivity index (χ0n) is 9.73. The minimum absolute atomic E-state index is 0.686. The average molecular weight is 244 g/mol. The first kappa shape index (κ1) is 11.9. The molecule has 17 heavy (non-hydrogen) atoms. The van der Waals surface area contributed by atoms with Crippen molar-refractivity contribution in [1.82, 2.24) is 0 Å². The zero-order valence-corrected chi connectivity index (χ0v) is 10.5. The molecule has 0 amide bonds. The highest BCUT2D eigenvalue weighted by atomic mass is 35.5. The van der Waals surface area contributed by atoms with Crippen molar-refractivity contribution >= 4 is 17.8 Å². The van der Waals surface area contributed by atoms with Crippen LogP contribution in [0.5, 0.6) is 0 Å². The van der Waals surface area contributed by atoms with Crippen LogP contribution in [0.25, 0.3) is 0 Å². The van der Waals surface area contributed by atoms with Gasteiger partial charge in [0.1, 0.15) is 0 Å². The first-order chi connectivity index (χ1) is 8.25. The third-order valence-electron chi connectivity index (χ3n) is 2.61. The van der Waals surface area contributed by atoms with Gasteiger partial charge in [0.25, 0.3) is 0 Å². The summed E-state index contributed by atoms with van der Waals surface area (Å²) in [5.41, 5.74) is 3.58. The number of halogens is 1. The molecule has 2 heteroatoms. The first-order valence-electron chi connectivity index (χ1n) is 5.55. The molecule has 0 heterocycles. The Balaban J connectivity index is 2.03. The molecule has 0 fully saturated rings. The quantitative estimate of drug-likeness (QED) is 0.714. The van der Waals surface area contributed by atoms with E-state index in [0.29, 0.717) is 6.54 Å². The molecule has 0 bridgehead atoms. The van der Waals surface area contributed by atoms with Gasteiger partial charge in [-0.2, -0.15) is 0 Å². The summed E-state index contributed by atoms with van der Waals surface area (Å²) in [6.07, 6.45) is 1.92. The van der Waals surface area contributed by atoms with Crippen LogP contribution in [-0.4, -0.2) is 6.21 Å². The van der Waals surface area contributed by atoms with Gasteiger partial charge in [-0.1, -0.05) is 48.0 Å². The van der Waals surface area contributed by atoms with E-state index in [0.717, 1.165) is 5.02 Å². The second kappa shape index (κ2) is 5.65. The molecule has 2 aromatic carbocycles. The van der Waals surface area contributed by atoms with Crippen molar-refractivity contribution < 1.29 is 0 Å². The Hall–Kier alpha value is -1.60. The largest absolute Gasteiger partial charge is 0.288 e. The molecule has 0 aliphatic carbocycles. The Morgan fingerprint density at radius 2 is 1.76 bits per heavy atom. The molecule has 1 nitrogen and oxygen atoms in total. The fraction of sp³-hybridized carbons (Fsp3) is 0.133. The highest BCUT2D eigenvalue weighted by molar-refractivity contribution is 6.30. The molecule has 0 aliphatic rings. The van der Waals surface area contributed by atoms with Crippen LogP contribution in [0.3, 0.4) is 0 Å². The number of hydrogen-bond acceptors (Lipinski definition) is 1. The highest BCUT2D eigenvalue weighted by Gasteiger charge is 1.93. The molecule has 0 unspecified atom stereocenters. The van der Waals surface area contributed by atoms with Crippen LogP contribution < -0.4 is 0 Å². The molecule has 0 N–H and O–H groups in total. The van der Waals surface area contributed by atoms with Gasteiger partial charge < -0.3 is 0 Å². The summed E-state index contributed by atoms with van der Waals surface area (Å²) in [4.78, 5) is 4.43. The molecule has 0 aliphatic heterocycles. The van der Waals surface area contributed by atoms with Gasteiger partial charge in [0.05, 0.1) is 6.54 Å². The van der Waals surface area contributed by atoms with Crippen molar-refractivity contribution in [3.05, 3.63) is 70.2 Å². The van der Waals surface area contributed by atoms with Crippen LogP contribution in [-0.2, 0) is 6.54 Å². The molecular formula is C15H14ClN. The van der Waals surface area contributed by atoms with E-state index in [1.54, 1.807) is 0 Å². The van der Waals surface area contributed by atoms with Crippen molar-refractivity contribution in [2.75, 3.05) is 0 Å². The van der Waals surface area contributed by atoms with Crippen molar-refractivity contribution in [2.24, 2.45) is 4.99 Å². The normalized spacial score (nSPS) is 10.9. The summed E-state index contributed by atoms with van der Waals surface area (Å²) in [7, 11) is 0. The van der Waals surface area contributed by atoms with Crippen LogP contribution in [0.4, 0.5) is 0 Å². The van der Waals surface area contributed by atoms with Crippen molar-refractivity contribution in [2.45, 2.75) is 13.5 Å². The molecule has 2 rings (SSSR count). The zero-order chi connectivity index (χ0) is 12.1. The second-order valence-corrected chi connectivity index (χ2v) is 4.39. The molecule has 86 valence electrons. The maximum atomic E-state index is 5.82. The molecule has 0 atom stereocenters. The lowest BCUT2D eigenvalue weighted by Gasteiger charge is -1.99. The lowest BCUT2D eigenvalue weighted by molar-refractivity contribution is 1.08. The van der Waals surface area contributed by atoms with E-state index in [4.69, 9.17) is 11.6 Å². The van der Waals surface area contributed by atoms with Gasteiger partial charge in [0, 0.05) is 11.2 Å². The van der Waals surface area contributed by atoms with Gasteiger partial charge in [-0.05, 0) is 35.7 Å². The molecule has 0 radical (unpaired) electrons. The molecule has 0 aromatic heterocycles. The van der Waals surface area contributed by atoms with Gasteiger partial charge in [-0.3, -0.25) is 4.99 Å². The predicted molar refractivity (Wildman–Crippen MR) is 73.9 cm³/mol. The highest BCUT2D eigenvalue weighted by Crippen LogP contribution is 2.10. The van der Waals surface area contributed by atoms with Gasteiger partial charge in [0.15, 0.2) is 0 Å². The summed E-state index contributed by atoms with van der Waals surface area (Å²) >= 11 is 5.82. The van der Waals surface area contributed by atoms with E-state index in [9.17, 15) is 0 Å². The SMILES string of the molecule is Cc1ccccc1C=NCc1ccc(Cl)cc1. The topological polar surface area (TPSA) is 12.4 Å². The maximum Gasteiger partial charge on any atom is 0.0639 e. The van der Waals surface area contributed by atoms with E-state index in [1.165, 1.54) is 16.7 Å². The molecular weight excluding hydrogens is 230 g/mol. The number of aliphatic imine (C=N–C) groups is 1. The standard InChI is InChI=1S/C15H14ClN/c1-12-4-2-3-5-14(12)11-17-10-13-6-8-15(16)9-7-13/h2-9,11H,10H2,1H3. The third kappa shape index (κ3) is 3.43. The van der Waals surface area contributed by atoms with Crippen LogP contribution >= 0.6 is 11.6 Å². The Morgan fingerprint density at radius 3 is 2.47 bits per heavy atom. The summed E-state index contributed by atoms with van der Waals surface area (Å²) in [6.45, 7) is 2.77. The van der Waals surface area contributed by atoms with Crippen LogP contribution in [0.1, 0.15) is 16.7 Å². The molecule has 2 aromatic rings. The van der Waals surface area contributed by atoms with Crippen molar-refractivity contribution in [1.29, 1.82) is 0 Å². The number of nitrogens with zero attached hydrogens (tertiary/aromatic N) is 1. The van der Waals surface area contributed by atoms with E-state index < -0.39 is 0 Å². The van der Waals surface area contributed by atoms with E-state index in [-0.39, 0.29) is 0 Å². The minimum Gasteiger partial charge on any atom is -0.288 e. The van der Waals surface area contributed by atoms with Crippen LogP contribution in [0, 0.1) is 6.92 Å². The molecule has 0 saturated heterocycles. The van der Waals surface area contributed by atoms with E-state index in [1.807, 2.05) is 42.6 Å². The number of hydrogen-bond donors (Lipinski definition) is 0. The minimum atomic E-state index is 0.686. The van der Waals surface area contributed by atoms with Gasteiger partial charge in [-0.15, -0.1) is 0 Å².